The zero-order valence-corrected chi connectivity index (χ0v) is 26.1. The molecular weight excluding hydrogens is 544 g/mol. The summed E-state index contributed by atoms with van der Waals surface area (Å²) in [5.74, 6) is 2.32. The molecule has 1 saturated carbocycles. The van der Waals surface area contributed by atoms with Gasteiger partial charge in [-0.3, -0.25) is 0 Å². The van der Waals surface area contributed by atoms with Crippen LogP contribution in [0, 0.1) is 6.92 Å². The van der Waals surface area contributed by atoms with Gasteiger partial charge in [-0.1, -0.05) is 61.0 Å². The molecule has 0 bridgehead atoms. The summed E-state index contributed by atoms with van der Waals surface area (Å²) >= 11 is 0. The second-order valence-electron chi connectivity index (χ2n) is 13.1. The van der Waals surface area contributed by atoms with Crippen LogP contribution in [0.25, 0.3) is 44.6 Å². The number of aromatic nitrogens is 4. The Labute approximate surface area is 258 Å². The lowest BCUT2D eigenvalue weighted by atomic mass is 9.85. The molecular formula is C38H38N4O2. The van der Waals surface area contributed by atoms with E-state index >= 15 is 0 Å². The predicted molar refractivity (Wildman–Crippen MR) is 177 cm³/mol. The molecule has 0 spiro atoms. The van der Waals surface area contributed by atoms with Gasteiger partial charge in [0.1, 0.15) is 17.2 Å². The lowest BCUT2D eigenvalue weighted by molar-refractivity contribution is 0.00704. The van der Waals surface area contributed by atoms with Gasteiger partial charge in [0, 0.05) is 25.1 Å². The van der Waals surface area contributed by atoms with Gasteiger partial charge in [0.05, 0.1) is 27.6 Å². The van der Waals surface area contributed by atoms with Gasteiger partial charge in [0.25, 0.3) is 0 Å². The maximum Gasteiger partial charge on any atom is 0.339 e. The Morgan fingerprint density at radius 2 is 1.61 bits per heavy atom. The monoisotopic (exact) mass is 582 g/mol. The van der Waals surface area contributed by atoms with Crippen molar-refractivity contribution in [1.82, 2.24) is 19.1 Å². The van der Waals surface area contributed by atoms with Crippen LogP contribution in [-0.4, -0.2) is 30.7 Å². The van der Waals surface area contributed by atoms with E-state index in [1.807, 2.05) is 51.1 Å². The molecule has 0 unspecified atom stereocenters. The Morgan fingerprint density at radius 3 is 2.32 bits per heavy atom. The van der Waals surface area contributed by atoms with E-state index in [4.69, 9.17) is 14.7 Å². The van der Waals surface area contributed by atoms with E-state index in [0.717, 1.165) is 56.7 Å². The minimum absolute atomic E-state index is 0.306. The average molecular weight is 583 g/mol. The number of hydrogen-bond acceptors (Lipinski definition) is 4. The number of fused-ring (bicyclic) bond motifs is 2. The SMILES string of the molecule is Cc1cc(-c2nc3ccccc3n2C)cc2c1nc(C1CCC1)n2Cc1ccc(-c2ccccc2C(=O)OC(C)(C)C)cc1. The molecule has 0 N–H and O–H groups in total. The molecule has 0 amide bonds. The number of ether oxygens (including phenoxy) is 1. The molecule has 1 aliphatic rings. The molecule has 0 aliphatic heterocycles. The summed E-state index contributed by atoms with van der Waals surface area (Å²) in [6.07, 6.45) is 3.62. The van der Waals surface area contributed by atoms with Gasteiger partial charge in [0.15, 0.2) is 0 Å². The third-order valence-electron chi connectivity index (χ3n) is 8.74. The lowest BCUT2D eigenvalue weighted by Crippen LogP contribution is -2.24. The second kappa shape index (κ2) is 10.8. The maximum atomic E-state index is 13.0. The van der Waals surface area contributed by atoms with Gasteiger partial charge < -0.3 is 13.9 Å². The Hall–Kier alpha value is -4.71. The lowest BCUT2D eigenvalue weighted by Gasteiger charge is -2.25. The fraction of sp³-hybridized carbons (Fsp3) is 0.289. The van der Waals surface area contributed by atoms with E-state index < -0.39 is 5.60 Å². The standard InChI is InChI=1S/C38H38N4O2/c1-24-21-28(35-39-31-15-8-9-16-32(31)41(35)5)22-33-34(24)40-36(27-11-10-12-27)42(33)23-25-17-19-26(20-18-25)29-13-6-7-14-30(29)37(43)44-38(2,3)4/h6-9,13-22,27H,10-12,23H2,1-5H3. The molecule has 6 nitrogen and oxygen atoms in total. The first-order valence-electron chi connectivity index (χ1n) is 15.5. The summed E-state index contributed by atoms with van der Waals surface area (Å²) in [6, 6.07) is 29.0. The Kier molecular flexibility index (Phi) is 6.88. The smallest absolute Gasteiger partial charge is 0.339 e. The zero-order valence-electron chi connectivity index (χ0n) is 26.1. The Morgan fingerprint density at radius 1 is 0.886 bits per heavy atom. The van der Waals surface area contributed by atoms with Crippen molar-refractivity contribution in [3.63, 3.8) is 0 Å². The molecule has 0 saturated heterocycles. The van der Waals surface area contributed by atoms with Crippen molar-refractivity contribution in [3.8, 4) is 22.5 Å². The van der Waals surface area contributed by atoms with Gasteiger partial charge in [-0.2, -0.15) is 0 Å². The molecule has 222 valence electrons. The Balaban J connectivity index is 1.27. The number of nitrogens with zero attached hydrogens (tertiary/aromatic N) is 4. The number of aryl methyl sites for hydroxylation is 2. The third kappa shape index (κ3) is 5.08. The fourth-order valence-corrected chi connectivity index (χ4v) is 6.31. The highest BCUT2D eigenvalue weighted by molar-refractivity contribution is 5.97. The molecule has 0 radical (unpaired) electrons. The molecule has 7 rings (SSSR count). The van der Waals surface area contributed by atoms with Gasteiger partial charge in [-0.15, -0.1) is 0 Å². The second-order valence-corrected chi connectivity index (χ2v) is 13.1. The molecule has 6 aromatic rings. The molecule has 6 heteroatoms. The predicted octanol–water partition coefficient (Wildman–Crippen LogP) is 8.84. The first-order valence-corrected chi connectivity index (χ1v) is 15.5. The summed E-state index contributed by atoms with van der Waals surface area (Å²) in [4.78, 5) is 23.2. The number of rotatable bonds is 6. The van der Waals surface area contributed by atoms with Crippen molar-refractivity contribution >= 4 is 28.0 Å². The highest BCUT2D eigenvalue weighted by Crippen LogP contribution is 2.39. The highest BCUT2D eigenvalue weighted by Gasteiger charge is 2.27. The minimum atomic E-state index is -0.554. The van der Waals surface area contributed by atoms with Gasteiger partial charge >= 0.3 is 5.97 Å². The number of benzene rings is 4. The van der Waals surface area contributed by atoms with Crippen molar-refractivity contribution < 1.29 is 9.53 Å². The summed E-state index contributed by atoms with van der Waals surface area (Å²) < 4.78 is 10.3. The fourth-order valence-electron chi connectivity index (χ4n) is 6.31. The van der Waals surface area contributed by atoms with Crippen LogP contribution in [0.5, 0.6) is 0 Å². The zero-order chi connectivity index (χ0) is 30.6. The van der Waals surface area contributed by atoms with E-state index in [1.54, 1.807) is 0 Å². The van der Waals surface area contributed by atoms with Crippen molar-refractivity contribution in [3.05, 3.63) is 107 Å². The van der Waals surface area contributed by atoms with E-state index in [9.17, 15) is 4.79 Å². The van der Waals surface area contributed by atoms with Crippen LogP contribution in [0.2, 0.25) is 0 Å². The Bertz CT molecular complexity index is 2020. The van der Waals surface area contributed by atoms with E-state index in [0.29, 0.717) is 11.5 Å². The summed E-state index contributed by atoms with van der Waals surface area (Å²) in [7, 11) is 2.09. The van der Waals surface area contributed by atoms with Crippen LogP contribution < -0.4 is 0 Å². The molecule has 1 aliphatic carbocycles. The number of imidazole rings is 2. The van der Waals surface area contributed by atoms with Crippen LogP contribution in [0.15, 0.2) is 84.9 Å². The maximum absolute atomic E-state index is 13.0. The van der Waals surface area contributed by atoms with Crippen molar-refractivity contribution in [2.45, 2.75) is 65.0 Å². The quantitative estimate of drug-likeness (QED) is 0.184. The first-order chi connectivity index (χ1) is 21.2. The average Bonchev–Trinajstić information content (AvgIpc) is 3.49. The van der Waals surface area contributed by atoms with Gasteiger partial charge in [-0.25, -0.2) is 14.8 Å². The first kappa shape index (κ1) is 28.1. The molecule has 2 aromatic heterocycles. The minimum Gasteiger partial charge on any atom is -0.456 e. The van der Waals surface area contributed by atoms with E-state index in [-0.39, 0.29) is 5.97 Å². The van der Waals surface area contributed by atoms with E-state index in [1.165, 1.54) is 30.7 Å². The summed E-state index contributed by atoms with van der Waals surface area (Å²) in [5.41, 5.74) is 9.68. The van der Waals surface area contributed by atoms with Crippen LogP contribution in [-0.2, 0) is 18.3 Å². The molecule has 4 aromatic carbocycles. The van der Waals surface area contributed by atoms with Gasteiger partial charge in [-0.05, 0) is 93.1 Å². The van der Waals surface area contributed by atoms with Crippen LogP contribution in [0.3, 0.4) is 0 Å². The number of para-hydroxylation sites is 2. The van der Waals surface area contributed by atoms with Crippen molar-refractivity contribution in [1.29, 1.82) is 0 Å². The van der Waals surface area contributed by atoms with Crippen molar-refractivity contribution in [2.24, 2.45) is 7.05 Å². The largest absolute Gasteiger partial charge is 0.456 e. The molecule has 44 heavy (non-hydrogen) atoms. The van der Waals surface area contributed by atoms with Crippen molar-refractivity contribution in [2.75, 3.05) is 0 Å². The topological polar surface area (TPSA) is 61.9 Å². The third-order valence-corrected chi connectivity index (χ3v) is 8.74. The van der Waals surface area contributed by atoms with Crippen LogP contribution in [0.1, 0.15) is 73.3 Å². The van der Waals surface area contributed by atoms with Gasteiger partial charge in [0.2, 0.25) is 0 Å². The highest BCUT2D eigenvalue weighted by atomic mass is 16.6. The van der Waals surface area contributed by atoms with Crippen LogP contribution >= 0.6 is 0 Å². The number of hydrogen-bond donors (Lipinski definition) is 0. The van der Waals surface area contributed by atoms with E-state index in [2.05, 4.69) is 77.7 Å². The number of carbonyl (C=O) groups excluding carboxylic acids is 1. The molecule has 0 atom stereocenters. The normalized spacial score (nSPS) is 13.8. The number of carbonyl (C=O) groups is 1. The number of esters is 1. The molecule has 2 heterocycles. The summed E-state index contributed by atoms with van der Waals surface area (Å²) in [6.45, 7) is 8.56. The molecule has 1 fully saturated rings. The van der Waals surface area contributed by atoms with Crippen LogP contribution in [0.4, 0.5) is 0 Å². The summed E-state index contributed by atoms with van der Waals surface area (Å²) in [5, 5.41) is 0.